The molecular weight excluding hydrogens is 399 g/mol. The van der Waals surface area contributed by atoms with Crippen LogP contribution in [0, 0.1) is 0 Å². The summed E-state index contributed by atoms with van der Waals surface area (Å²) in [6.07, 6.45) is -2.41. The molecule has 0 unspecified atom stereocenters. The van der Waals surface area contributed by atoms with Crippen LogP contribution in [0.25, 0.3) is 11.3 Å². The molecule has 158 valence electrons. The maximum atomic E-state index is 12.5. The Kier molecular flexibility index (Phi) is 7.02. The summed E-state index contributed by atoms with van der Waals surface area (Å²) in [6.45, 7) is 0.656. The van der Waals surface area contributed by atoms with Crippen molar-refractivity contribution in [3.63, 3.8) is 0 Å². The first-order valence-corrected chi connectivity index (χ1v) is 9.17. The van der Waals surface area contributed by atoms with Gasteiger partial charge in [0.15, 0.2) is 0 Å². The Hall–Kier alpha value is -3.40. The van der Waals surface area contributed by atoms with Gasteiger partial charge in [-0.05, 0) is 24.3 Å². The summed E-state index contributed by atoms with van der Waals surface area (Å²) >= 11 is 0. The molecule has 1 aromatic carbocycles. The molecule has 0 aliphatic carbocycles. The van der Waals surface area contributed by atoms with E-state index in [1.807, 2.05) is 18.2 Å². The Balaban J connectivity index is 1.81. The number of anilines is 2. The van der Waals surface area contributed by atoms with Crippen LogP contribution in [0.2, 0.25) is 0 Å². The van der Waals surface area contributed by atoms with Crippen molar-refractivity contribution in [3.8, 4) is 17.0 Å². The number of ether oxygens (including phenoxy) is 1. The van der Waals surface area contributed by atoms with E-state index in [0.717, 1.165) is 5.69 Å². The van der Waals surface area contributed by atoms with E-state index in [9.17, 15) is 13.2 Å². The third kappa shape index (κ3) is 6.59. The molecule has 3 aromatic rings. The fraction of sp³-hybridized carbons (Fsp3) is 0.250. The molecule has 10 heteroatoms. The van der Waals surface area contributed by atoms with Gasteiger partial charge in [-0.3, -0.25) is 4.98 Å². The van der Waals surface area contributed by atoms with Crippen LogP contribution >= 0.6 is 0 Å². The highest BCUT2D eigenvalue weighted by atomic mass is 19.4. The quantitative estimate of drug-likeness (QED) is 0.489. The summed E-state index contributed by atoms with van der Waals surface area (Å²) in [5.74, 6) is 0.385. The Morgan fingerprint density at radius 3 is 2.57 bits per heavy atom. The highest BCUT2D eigenvalue weighted by molar-refractivity contribution is 5.65. The van der Waals surface area contributed by atoms with Crippen LogP contribution in [-0.2, 0) is 6.42 Å². The molecule has 0 aliphatic rings. The molecule has 7 nitrogen and oxygen atoms in total. The number of alkyl halides is 3. The summed E-state index contributed by atoms with van der Waals surface area (Å²) < 4.78 is 41.6. The summed E-state index contributed by atoms with van der Waals surface area (Å²) in [4.78, 5) is 12.9. The first-order valence-electron chi connectivity index (χ1n) is 9.17. The van der Waals surface area contributed by atoms with Crippen LogP contribution in [0.5, 0.6) is 5.75 Å². The molecule has 0 aliphatic heterocycles. The van der Waals surface area contributed by atoms with E-state index in [2.05, 4.69) is 30.3 Å². The number of aliphatic hydroxyl groups excluding tert-OH is 1. The number of nitrogens with one attached hydrogen (secondary N) is 2. The summed E-state index contributed by atoms with van der Waals surface area (Å²) in [6, 6.07) is 12.8. The smallest absolute Gasteiger partial charge is 0.406 e. The number of benzene rings is 1. The maximum Gasteiger partial charge on any atom is 0.573 e. The Morgan fingerprint density at radius 1 is 0.967 bits per heavy atom. The van der Waals surface area contributed by atoms with Gasteiger partial charge in [0.05, 0.1) is 12.3 Å². The Bertz CT molecular complexity index is 955. The van der Waals surface area contributed by atoms with Gasteiger partial charge in [-0.25, -0.2) is 4.98 Å². The summed E-state index contributed by atoms with van der Waals surface area (Å²) in [5, 5.41) is 15.1. The van der Waals surface area contributed by atoms with Crippen molar-refractivity contribution < 1.29 is 23.0 Å². The van der Waals surface area contributed by atoms with Crippen LogP contribution in [0.4, 0.5) is 24.9 Å². The Morgan fingerprint density at radius 2 is 1.83 bits per heavy atom. The molecule has 0 atom stereocenters. The average Bonchev–Trinajstić information content (AvgIpc) is 2.72. The molecule has 0 fully saturated rings. The molecule has 2 aromatic heterocycles. The fourth-order valence-corrected chi connectivity index (χ4v) is 2.65. The van der Waals surface area contributed by atoms with Crippen molar-refractivity contribution >= 4 is 11.8 Å². The number of nitrogens with zero attached hydrogens (tertiary/aromatic N) is 3. The molecule has 3 N–H and O–H groups in total. The molecule has 2 heterocycles. The van der Waals surface area contributed by atoms with Crippen molar-refractivity contribution in [2.24, 2.45) is 0 Å². The molecule has 30 heavy (non-hydrogen) atoms. The summed E-state index contributed by atoms with van der Waals surface area (Å²) in [7, 11) is 0. The van der Waals surface area contributed by atoms with Gasteiger partial charge in [-0.2, -0.15) is 4.98 Å². The first-order chi connectivity index (χ1) is 14.4. The SMILES string of the molecule is OCCNc1nc(NCCc2ccccn2)cc(-c2cccc(OC(F)(F)F)c2)n1. The lowest BCUT2D eigenvalue weighted by Crippen LogP contribution is -2.17. The molecule has 0 saturated heterocycles. The molecule has 0 spiro atoms. The van der Waals surface area contributed by atoms with Gasteiger partial charge in [0.1, 0.15) is 11.6 Å². The lowest BCUT2D eigenvalue weighted by molar-refractivity contribution is -0.274. The molecular formula is C20H20F3N5O2. The van der Waals surface area contributed by atoms with Gasteiger partial charge < -0.3 is 20.5 Å². The highest BCUT2D eigenvalue weighted by Gasteiger charge is 2.31. The van der Waals surface area contributed by atoms with Crippen LogP contribution in [0.1, 0.15) is 5.69 Å². The van der Waals surface area contributed by atoms with Crippen LogP contribution in [0.15, 0.2) is 54.7 Å². The zero-order chi connectivity index (χ0) is 21.4. The normalized spacial score (nSPS) is 11.2. The summed E-state index contributed by atoms with van der Waals surface area (Å²) in [5.41, 5.74) is 1.74. The van der Waals surface area contributed by atoms with E-state index < -0.39 is 6.36 Å². The molecule has 3 rings (SSSR count). The van der Waals surface area contributed by atoms with Crippen molar-refractivity contribution in [1.29, 1.82) is 0 Å². The monoisotopic (exact) mass is 419 g/mol. The molecule has 0 saturated carbocycles. The zero-order valence-corrected chi connectivity index (χ0v) is 15.9. The van der Waals surface area contributed by atoms with Gasteiger partial charge in [-0.1, -0.05) is 18.2 Å². The lowest BCUT2D eigenvalue weighted by atomic mass is 10.1. The number of hydrogen-bond donors (Lipinski definition) is 3. The van der Waals surface area contributed by atoms with Crippen molar-refractivity contribution in [2.45, 2.75) is 12.8 Å². The first kappa shape index (κ1) is 21.3. The topological polar surface area (TPSA) is 92.2 Å². The standard InChI is InChI=1S/C20H20F3N5O2/c21-20(22,23)30-16-6-3-4-14(12-16)17-13-18(28-19(27-17)26-10-11-29)25-9-7-15-5-1-2-8-24-15/h1-6,8,12-13,29H,7,9-11H2,(H2,25,26,27,28). The second kappa shape index (κ2) is 9.88. The van der Waals surface area contributed by atoms with E-state index in [1.165, 1.54) is 18.2 Å². The molecule has 0 amide bonds. The van der Waals surface area contributed by atoms with Crippen molar-refractivity contribution in [1.82, 2.24) is 15.0 Å². The number of rotatable bonds is 9. The average molecular weight is 419 g/mol. The number of aromatic nitrogens is 3. The van der Waals surface area contributed by atoms with Crippen LogP contribution in [0.3, 0.4) is 0 Å². The van der Waals surface area contributed by atoms with Crippen molar-refractivity contribution in [3.05, 3.63) is 60.4 Å². The van der Waals surface area contributed by atoms with Gasteiger partial charge in [0.25, 0.3) is 0 Å². The zero-order valence-electron chi connectivity index (χ0n) is 15.9. The minimum absolute atomic E-state index is 0.120. The van der Waals surface area contributed by atoms with E-state index in [4.69, 9.17) is 5.11 Å². The maximum absolute atomic E-state index is 12.5. The minimum atomic E-state index is -4.78. The van der Waals surface area contributed by atoms with E-state index in [-0.39, 0.29) is 24.8 Å². The van der Waals surface area contributed by atoms with Crippen LogP contribution in [-0.4, -0.2) is 46.1 Å². The minimum Gasteiger partial charge on any atom is -0.406 e. The number of halogens is 3. The molecule has 0 bridgehead atoms. The lowest BCUT2D eigenvalue weighted by Gasteiger charge is -2.12. The predicted octanol–water partition coefficient (Wildman–Crippen LogP) is 3.50. The highest BCUT2D eigenvalue weighted by Crippen LogP contribution is 2.28. The third-order valence-electron chi connectivity index (χ3n) is 3.90. The number of pyridine rings is 1. The molecule has 0 radical (unpaired) electrons. The van der Waals surface area contributed by atoms with E-state index in [1.54, 1.807) is 18.3 Å². The van der Waals surface area contributed by atoms with Crippen molar-refractivity contribution in [2.75, 3.05) is 30.3 Å². The second-order valence-electron chi connectivity index (χ2n) is 6.19. The second-order valence-corrected chi connectivity index (χ2v) is 6.19. The van der Waals surface area contributed by atoms with E-state index in [0.29, 0.717) is 30.0 Å². The van der Waals surface area contributed by atoms with E-state index >= 15 is 0 Å². The fourth-order valence-electron chi connectivity index (χ4n) is 2.65. The largest absolute Gasteiger partial charge is 0.573 e. The third-order valence-corrected chi connectivity index (χ3v) is 3.90. The van der Waals surface area contributed by atoms with Gasteiger partial charge in [-0.15, -0.1) is 13.2 Å². The van der Waals surface area contributed by atoms with Gasteiger partial charge in [0.2, 0.25) is 5.95 Å². The van der Waals surface area contributed by atoms with Gasteiger partial charge in [0, 0.05) is 43.0 Å². The van der Waals surface area contributed by atoms with Gasteiger partial charge >= 0.3 is 6.36 Å². The Labute approximate surface area is 171 Å². The predicted molar refractivity (Wildman–Crippen MR) is 106 cm³/mol. The number of hydrogen-bond acceptors (Lipinski definition) is 7. The van der Waals surface area contributed by atoms with Crippen LogP contribution < -0.4 is 15.4 Å². The number of aliphatic hydroxyl groups is 1.